The Bertz CT molecular complexity index is 979. The Hall–Kier alpha value is -2.59. The fourth-order valence-electron chi connectivity index (χ4n) is 3.62. The van der Waals surface area contributed by atoms with Crippen LogP contribution in [-0.2, 0) is 23.3 Å². The molecule has 28 heavy (non-hydrogen) atoms. The lowest BCUT2D eigenvalue weighted by Gasteiger charge is -2.29. The summed E-state index contributed by atoms with van der Waals surface area (Å²) in [6.45, 7) is 1.19. The van der Waals surface area contributed by atoms with Crippen molar-refractivity contribution < 1.29 is 20.1 Å². The molecule has 9 heteroatoms. The summed E-state index contributed by atoms with van der Waals surface area (Å²) >= 11 is 0. The van der Waals surface area contributed by atoms with E-state index in [0.717, 1.165) is 12.0 Å². The van der Waals surface area contributed by atoms with E-state index in [1.807, 2.05) is 30.3 Å². The third kappa shape index (κ3) is 3.02. The molecule has 3 aromatic rings. The number of aromatic nitrogens is 4. The summed E-state index contributed by atoms with van der Waals surface area (Å²) in [5, 5.41) is 30.1. The van der Waals surface area contributed by atoms with Crippen molar-refractivity contribution in [3.63, 3.8) is 0 Å². The molecule has 0 radical (unpaired) electrons. The number of nitrogen functional groups attached to an aromatic ring is 1. The highest BCUT2D eigenvalue weighted by Gasteiger charge is 2.53. The number of hydrogen-bond donors (Lipinski definition) is 4. The van der Waals surface area contributed by atoms with Gasteiger partial charge in [-0.3, -0.25) is 4.57 Å². The molecular weight excluding hydrogens is 362 g/mol. The van der Waals surface area contributed by atoms with Crippen LogP contribution < -0.4 is 5.73 Å². The van der Waals surface area contributed by atoms with Crippen LogP contribution >= 0.6 is 0 Å². The van der Waals surface area contributed by atoms with Crippen molar-refractivity contribution in [3.8, 4) is 0 Å². The van der Waals surface area contributed by atoms with Crippen LogP contribution in [0.3, 0.4) is 0 Å². The van der Waals surface area contributed by atoms with Gasteiger partial charge < -0.3 is 25.8 Å². The summed E-state index contributed by atoms with van der Waals surface area (Å²) < 4.78 is 7.29. The molecule has 0 aliphatic carbocycles. The fourth-order valence-corrected chi connectivity index (χ4v) is 3.62. The normalized spacial score (nSPS) is 27.5. The Morgan fingerprint density at radius 3 is 2.61 bits per heavy atom. The summed E-state index contributed by atoms with van der Waals surface area (Å²) in [5.41, 5.74) is 6.69. The molecule has 1 aromatic carbocycles. The van der Waals surface area contributed by atoms with Crippen molar-refractivity contribution in [1.82, 2.24) is 19.5 Å². The highest BCUT2D eigenvalue weighted by Crippen LogP contribution is 2.37. The van der Waals surface area contributed by atoms with Gasteiger partial charge in [-0.1, -0.05) is 30.3 Å². The van der Waals surface area contributed by atoms with Crippen LogP contribution in [0.5, 0.6) is 0 Å². The lowest BCUT2D eigenvalue weighted by molar-refractivity contribution is -0.132. The zero-order valence-corrected chi connectivity index (χ0v) is 15.4. The molecular formula is C19H23N5O4. The van der Waals surface area contributed by atoms with E-state index in [9.17, 15) is 15.3 Å². The van der Waals surface area contributed by atoms with E-state index in [0.29, 0.717) is 23.4 Å². The number of anilines is 1. The molecule has 1 aliphatic heterocycles. The van der Waals surface area contributed by atoms with Crippen LogP contribution in [0.15, 0.2) is 36.7 Å². The molecule has 1 saturated heterocycles. The van der Waals surface area contributed by atoms with E-state index in [4.69, 9.17) is 10.5 Å². The zero-order valence-electron chi connectivity index (χ0n) is 15.4. The highest BCUT2D eigenvalue weighted by atomic mass is 16.6. The Morgan fingerprint density at radius 1 is 1.18 bits per heavy atom. The van der Waals surface area contributed by atoms with Crippen LogP contribution in [0.2, 0.25) is 0 Å². The second-order valence-corrected chi connectivity index (χ2v) is 7.13. The Labute approximate surface area is 161 Å². The van der Waals surface area contributed by atoms with E-state index < -0.39 is 30.6 Å². The predicted molar refractivity (Wildman–Crippen MR) is 101 cm³/mol. The third-order valence-corrected chi connectivity index (χ3v) is 5.25. The van der Waals surface area contributed by atoms with Crippen molar-refractivity contribution >= 4 is 17.0 Å². The standard InChI is InChI=1S/C19H23N5O4/c1-19(16(27)15(26)12(9-25)28-19)24-10-21-14-17(20)22-13(23-18(14)24)8-7-11-5-3-2-4-6-11/h2-6,10,12,15-16,25-27H,7-9H2,1H3,(H2,20,22,23)/t12-,15-,16-,19-/m1/s1. The van der Waals surface area contributed by atoms with Gasteiger partial charge in [0.05, 0.1) is 12.9 Å². The molecule has 4 rings (SSSR count). The lowest BCUT2D eigenvalue weighted by Crippen LogP contribution is -2.43. The topological polar surface area (TPSA) is 140 Å². The smallest absolute Gasteiger partial charge is 0.173 e. The minimum atomic E-state index is -1.35. The molecule has 0 saturated carbocycles. The van der Waals surface area contributed by atoms with Gasteiger partial charge >= 0.3 is 0 Å². The first-order chi connectivity index (χ1) is 13.4. The largest absolute Gasteiger partial charge is 0.394 e. The van der Waals surface area contributed by atoms with Crippen LogP contribution in [0.4, 0.5) is 5.82 Å². The second kappa shape index (κ2) is 7.10. The van der Waals surface area contributed by atoms with E-state index in [2.05, 4.69) is 15.0 Å². The minimum absolute atomic E-state index is 0.238. The number of rotatable bonds is 5. The maximum Gasteiger partial charge on any atom is 0.173 e. The Balaban J connectivity index is 1.70. The summed E-state index contributed by atoms with van der Waals surface area (Å²) in [4.78, 5) is 13.2. The van der Waals surface area contributed by atoms with Crippen LogP contribution in [0, 0.1) is 0 Å². The van der Waals surface area contributed by atoms with Gasteiger partial charge in [-0.05, 0) is 18.9 Å². The lowest BCUT2D eigenvalue weighted by atomic mass is 10.0. The Kier molecular flexibility index (Phi) is 4.76. The second-order valence-electron chi connectivity index (χ2n) is 7.13. The maximum absolute atomic E-state index is 10.5. The van der Waals surface area contributed by atoms with Gasteiger partial charge in [0.15, 0.2) is 17.2 Å². The van der Waals surface area contributed by atoms with Gasteiger partial charge in [0.1, 0.15) is 29.7 Å². The zero-order chi connectivity index (χ0) is 19.9. The number of aliphatic hydroxyl groups excluding tert-OH is 3. The molecule has 148 valence electrons. The maximum atomic E-state index is 10.5. The van der Waals surface area contributed by atoms with E-state index in [1.165, 1.54) is 10.9 Å². The molecule has 4 atom stereocenters. The van der Waals surface area contributed by atoms with Crippen LogP contribution in [0.25, 0.3) is 11.2 Å². The van der Waals surface area contributed by atoms with Gasteiger partial charge in [0, 0.05) is 6.42 Å². The van der Waals surface area contributed by atoms with Gasteiger partial charge in [-0.25, -0.2) is 15.0 Å². The average molecular weight is 385 g/mol. The number of hydrogen-bond acceptors (Lipinski definition) is 8. The van der Waals surface area contributed by atoms with Crippen LogP contribution in [0.1, 0.15) is 18.3 Å². The van der Waals surface area contributed by atoms with Crippen LogP contribution in [-0.4, -0.2) is 59.8 Å². The number of imidazole rings is 1. The van der Waals surface area contributed by atoms with Crippen molar-refractivity contribution in [1.29, 1.82) is 0 Å². The number of aryl methyl sites for hydroxylation is 2. The van der Waals surface area contributed by atoms with Crippen molar-refractivity contribution in [2.24, 2.45) is 0 Å². The third-order valence-electron chi connectivity index (χ3n) is 5.25. The molecule has 0 amide bonds. The molecule has 3 heterocycles. The van der Waals surface area contributed by atoms with Crippen molar-refractivity contribution in [3.05, 3.63) is 48.0 Å². The molecule has 0 bridgehead atoms. The molecule has 2 aromatic heterocycles. The molecule has 9 nitrogen and oxygen atoms in total. The fraction of sp³-hybridized carbons (Fsp3) is 0.421. The average Bonchev–Trinajstić information content (AvgIpc) is 3.23. The first kappa shape index (κ1) is 18.8. The Morgan fingerprint density at radius 2 is 1.93 bits per heavy atom. The molecule has 1 aliphatic rings. The quantitative estimate of drug-likeness (QED) is 0.480. The van der Waals surface area contributed by atoms with Gasteiger partial charge in [-0.2, -0.15) is 0 Å². The van der Waals surface area contributed by atoms with Gasteiger partial charge in [0.25, 0.3) is 0 Å². The number of ether oxygens (including phenoxy) is 1. The number of nitrogens with zero attached hydrogens (tertiary/aromatic N) is 4. The monoisotopic (exact) mass is 385 g/mol. The van der Waals surface area contributed by atoms with Gasteiger partial charge in [-0.15, -0.1) is 0 Å². The summed E-state index contributed by atoms with van der Waals surface area (Å²) in [7, 11) is 0. The number of aliphatic hydroxyl groups is 3. The molecule has 0 spiro atoms. The first-order valence-corrected chi connectivity index (χ1v) is 9.12. The van der Waals surface area contributed by atoms with Crippen molar-refractivity contribution in [2.45, 2.75) is 43.8 Å². The molecule has 5 N–H and O–H groups in total. The summed E-state index contributed by atoms with van der Waals surface area (Å²) in [5.74, 6) is 0.785. The number of fused-ring (bicyclic) bond motifs is 1. The summed E-state index contributed by atoms with van der Waals surface area (Å²) in [6, 6.07) is 9.99. The van der Waals surface area contributed by atoms with E-state index in [1.54, 1.807) is 6.92 Å². The number of benzene rings is 1. The molecule has 1 fully saturated rings. The molecule has 0 unspecified atom stereocenters. The predicted octanol–water partition coefficient (Wildman–Crippen LogP) is -0.0207. The highest BCUT2D eigenvalue weighted by molar-refractivity contribution is 5.81. The summed E-state index contributed by atoms with van der Waals surface area (Å²) in [6.07, 6.45) is -0.630. The number of nitrogens with two attached hydrogens (primary N) is 1. The SMILES string of the molecule is C[C@@]1(n2cnc3c(N)nc(CCc4ccccc4)nc32)O[C@H](CO)[C@@H](O)[C@H]1O. The van der Waals surface area contributed by atoms with E-state index >= 15 is 0 Å². The first-order valence-electron chi connectivity index (χ1n) is 9.12. The van der Waals surface area contributed by atoms with E-state index in [-0.39, 0.29) is 5.82 Å². The van der Waals surface area contributed by atoms with Crippen molar-refractivity contribution in [2.75, 3.05) is 12.3 Å². The minimum Gasteiger partial charge on any atom is -0.394 e. The van der Waals surface area contributed by atoms with Gasteiger partial charge in [0.2, 0.25) is 0 Å².